The summed E-state index contributed by atoms with van der Waals surface area (Å²) >= 11 is 0. The smallest absolute Gasteiger partial charge is 0.129 e. The second kappa shape index (κ2) is 7.83. The Morgan fingerprint density at radius 2 is 2.12 bits per heavy atom. The average molecular weight is 241 g/mol. The number of carbonyl (C=O) groups excluding carboxylic acids is 1. The first kappa shape index (κ1) is 14.7. The molecule has 0 aromatic rings. The van der Waals surface area contributed by atoms with E-state index in [0.717, 1.165) is 31.9 Å². The van der Waals surface area contributed by atoms with E-state index in [4.69, 9.17) is 4.74 Å². The highest BCUT2D eigenvalue weighted by molar-refractivity contribution is 5.75. The fourth-order valence-corrected chi connectivity index (χ4v) is 2.74. The maximum absolute atomic E-state index is 10.8. The molecule has 0 aliphatic carbocycles. The van der Waals surface area contributed by atoms with Crippen LogP contribution in [0.25, 0.3) is 0 Å². The number of ketones is 1. The Morgan fingerprint density at radius 1 is 1.35 bits per heavy atom. The molecule has 3 heteroatoms. The molecule has 0 saturated carbocycles. The van der Waals surface area contributed by atoms with E-state index < -0.39 is 0 Å². The maximum Gasteiger partial charge on any atom is 0.129 e. The minimum absolute atomic E-state index is 0.317. The summed E-state index contributed by atoms with van der Waals surface area (Å²) in [6.45, 7) is 7.23. The van der Waals surface area contributed by atoms with Crippen LogP contribution in [0.15, 0.2) is 0 Å². The monoisotopic (exact) mass is 241 g/mol. The molecule has 1 aliphatic rings. The van der Waals surface area contributed by atoms with E-state index in [2.05, 4.69) is 11.8 Å². The quantitative estimate of drug-likeness (QED) is 0.611. The van der Waals surface area contributed by atoms with Gasteiger partial charge in [-0.05, 0) is 38.6 Å². The van der Waals surface area contributed by atoms with Crippen molar-refractivity contribution in [1.29, 1.82) is 0 Å². The highest BCUT2D eigenvalue weighted by atomic mass is 16.5. The van der Waals surface area contributed by atoms with Crippen LogP contribution in [0, 0.1) is 5.92 Å². The molecule has 0 N–H and O–H groups in total. The van der Waals surface area contributed by atoms with Gasteiger partial charge in [-0.3, -0.25) is 4.90 Å². The molecule has 1 aliphatic heterocycles. The summed E-state index contributed by atoms with van der Waals surface area (Å²) in [6, 6.07) is 0.614. The van der Waals surface area contributed by atoms with Crippen molar-refractivity contribution in [1.82, 2.24) is 4.90 Å². The molecule has 1 fully saturated rings. The number of nitrogens with zero attached hydrogens (tertiary/aromatic N) is 1. The molecule has 100 valence electrons. The van der Waals surface area contributed by atoms with Gasteiger partial charge in [0.25, 0.3) is 0 Å². The first-order valence-electron chi connectivity index (χ1n) is 6.86. The van der Waals surface area contributed by atoms with Crippen LogP contribution in [0.4, 0.5) is 0 Å². The Balaban J connectivity index is 2.14. The van der Waals surface area contributed by atoms with Crippen molar-refractivity contribution in [3.8, 4) is 0 Å². The fourth-order valence-electron chi connectivity index (χ4n) is 2.74. The molecule has 0 radical (unpaired) electrons. The summed E-state index contributed by atoms with van der Waals surface area (Å²) < 4.78 is 5.28. The summed E-state index contributed by atoms with van der Waals surface area (Å²) in [6.07, 6.45) is 5.44. The Morgan fingerprint density at radius 3 is 2.76 bits per heavy atom. The number of Topliss-reactive ketones (excluding diaryl/α,β-unsaturated/α-hetero) is 1. The highest BCUT2D eigenvalue weighted by Crippen LogP contribution is 2.23. The predicted octanol–water partition coefficient (Wildman–Crippen LogP) is 2.49. The summed E-state index contributed by atoms with van der Waals surface area (Å²) in [7, 11) is 1.79. The lowest BCUT2D eigenvalue weighted by atomic mass is 10.1. The van der Waals surface area contributed by atoms with E-state index in [-0.39, 0.29) is 0 Å². The Hall–Kier alpha value is -0.410. The van der Waals surface area contributed by atoms with Crippen molar-refractivity contribution in [2.45, 2.75) is 52.0 Å². The summed E-state index contributed by atoms with van der Waals surface area (Å²) in [5.74, 6) is 1.12. The van der Waals surface area contributed by atoms with Crippen LogP contribution >= 0.6 is 0 Å². The van der Waals surface area contributed by atoms with Gasteiger partial charge in [-0.2, -0.15) is 0 Å². The van der Waals surface area contributed by atoms with Crippen LogP contribution in [-0.4, -0.2) is 43.5 Å². The minimum atomic E-state index is 0.317. The van der Waals surface area contributed by atoms with E-state index in [0.29, 0.717) is 11.8 Å². The van der Waals surface area contributed by atoms with Gasteiger partial charge in [-0.1, -0.05) is 13.3 Å². The molecular weight excluding hydrogens is 214 g/mol. The minimum Gasteiger partial charge on any atom is -0.383 e. The first-order chi connectivity index (χ1) is 8.13. The standard InChI is InChI=1S/C14H27NO2/c1-12-9-14(11-17-3)15(10-12)8-6-4-5-7-13(2)16/h12,14H,4-11H2,1-3H3/t12-,14+/m1/s1. The Labute approximate surface area is 106 Å². The van der Waals surface area contributed by atoms with Crippen LogP contribution in [0.3, 0.4) is 0 Å². The number of unbranched alkanes of at least 4 members (excludes halogenated alkanes) is 2. The number of carbonyl (C=O) groups is 1. The van der Waals surface area contributed by atoms with Crippen LogP contribution in [0.2, 0.25) is 0 Å². The van der Waals surface area contributed by atoms with Crippen molar-refractivity contribution >= 4 is 5.78 Å². The van der Waals surface area contributed by atoms with Gasteiger partial charge in [0.2, 0.25) is 0 Å². The van der Waals surface area contributed by atoms with Crippen molar-refractivity contribution in [2.24, 2.45) is 5.92 Å². The molecule has 0 unspecified atom stereocenters. The molecule has 0 aromatic carbocycles. The lowest BCUT2D eigenvalue weighted by molar-refractivity contribution is -0.117. The normalized spacial score (nSPS) is 25.4. The van der Waals surface area contributed by atoms with E-state index in [9.17, 15) is 4.79 Å². The van der Waals surface area contributed by atoms with Gasteiger partial charge < -0.3 is 9.53 Å². The molecular formula is C14H27NO2. The number of hydrogen-bond acceptors (Lipinski definition) is 3. The van der Waals surface area contributed by atoms with Crippen LogP contribution in [-0.2, 0) is 9.53 Å². The van der Waals surface area contributed by atoms with Crippen LogP contribution in [0.1, 0.15) is 46.0 Å². The van der Waals surface area contributed by atoms with Gasteiger partial charge in [0.15, 0.2) is 0 Å². The third-order valence-electron chi connectivity index (χ3n) is 3.57. The van der Waals surface area contributed by atoms with Gasteiger partial charge in [0.1, 0.15) is 5.78 Å². The zero-order chi connectivity index (χ0) is 12.7. The molecule has 17 heavy (non-hydrogen) atoms. The molecule has 1 rings (SSSR count). The van der Waals surface area contributed by atoms with Gasteiger partial charge >= 0.3 is 0 Å². The van der Waals surface area contributed by atoms with Gasteiger partial charge in [-0.15, -0.1) is 0 Å². The highest BCUT2D eigenvalue weighted by Gasteiger charge is 2.28. The SMILES string of the molecule is COC[C@@H]1C[C@@H](C)CN1CCCCCC(C)=O. The van der Waals surface area contributed by atoms with Gasteiger partial charge in [0.05, 0.1) is 6.61 Å². The number of rotatable bonds is 8. The van der Waals surface area contributed by atoms with Crippen molar-refractivity contribution < 1.29 is 9.53 Å². The zero-order valence-electron chi connectivity index (χ0n) is 11.6. The molecule has 0 amide bonds. The number of hydrogen-bond donors (Lipinski definition) is 0. The summed E-state index contributed by atoms with van der Waals surface area (Å²) in [4.78, 5) is 13.4. The van der Waals surface area contributed by atoms with Crippen molar-refractivity contribution in [2.75, 3.05) is 26.8 Å². The summed E-state index contributed by atoms with van der Waals surface area (Å²) in [5, 5.41) is 0. The second-order valence-corrected chi connectivity index (χ2v) is 5.46. The van der Waals surface area contributed by atoms with E-state index in [1.807, 2.05) is 0 Å². The Bertz CT molecular complexity index is 230. The van der Waals surface area contributed by atoms with Gasteiger partial charge in [-0.25, -0.2) is 0 Å². The topological polar surface area (TPSA) is 29.5 Å². The molecule has 3 nitrogen and oxygen atoms in total. The lowest BCUT2D eigenvalue weighted by Gasteiger charge is -2.23. The Kier molecular flexibility index (Phi) is 6.75. The second-order valence-electron chi connectivity index (χ2n) is 5.46. The fraction of sp³-hybridized carbons (Fsp3) is 0.929. The molecule has 0 aromatic heterocycles. The summed E-state index contributed by atoms with van der Waals surface area (Å²) in [5.41, 5.74) is 0. The van der Waals surface area contributed by atoms with E-state index in [1.54, 1.807) is 14.0 Å². The maximum atomic E-state index is 10.8. The molecule has 0 spiro atoms. The van der Waals surface area contributed by atoms with Crippen LogP contribution in [0.5, 0.6) is 0 Å². The molecule has 2 atom stereocenters. The molecule has 0 bridgehead atoms. The number of ether oxygens (including phenoxy) is 1. The average Bonchev–Trinajstić information content (AvgIpc) is 2.59. The number of likely N-dealkylation sites (tertiary alicyclic amines) is 1. The van der Waals surface area contributed by atoms with Crippen LogP contribution < -0.4 is 0 Å². The zero-order valence-corrected chi connectivity index (χ0v) is 11.6. The van der Waals surface area contributed by atoms with Crippen molar-refractivity contribution in [3.63, 3.8) is 0 Å². The van der Waals surface area contributed by atoms with E-state index >= 15 is 0 Å². The predicted molar refractivity (Wildman–Crippen MR) is 70.2 cm³/mol. The number of methoxy groups -OCH3 is 1. The first-order valence-corrected chi connectivity index (χ1v) is 6.86. The molecule has 1 heterocycles. The molecule has 1 saturated heterocycles. The van der Waals surface area contributed by atoms with Crippen molar-refractivity contribution in [3.05, 3.63) is 0 Å². The third kappa shape index (κ3) is 5.64. The van der Waals surface area contributed by atoms with E-state index in [1.165, 1.54) is 25.8 Å². The largest absolute Gasteiger partial charge is 0.383 e. The lowest BCUT2D eigenvalue weighted by Crippen LogP contribution is -2.33. The van der Waals surface area contributed by atoms with Gasteiger partial charge in [0, 0.05) is 26.1 Å². The third-order valence-corrected chi connectivity index (χ3v) is 3.57.